The molecule has 0 heterocycles. The number of nitrogens with two attached hydrogens (primary N) is 1. The van der Waals surface area contributed by atoms with Crippen molar-refractivity contribution in [1.82, 2.24) is 30.8 Å². The molecule has 0 spiro atoms. The number of primary amides is 1. The minimum absolute atomic E-state index is 0. The molecule has 19 heteroatoms. The second-order valence-corrected chi connectivity index (χ2v) is 2.61. The summed E-state index contributed by atoms with van der Waals surface area (Å²) in [4.78, 5) is 8.78. The molecule has 18 N–H and O–H groups in total. The number of hydrogen-bond donors (Lipinski definition) is 7. The number of halogens is 2. The third-order valence-corrected chi connectivity index (χ3v) is 0. The van der Waals surface area contributed by atoms with Crippen molar-refractivity contribution in [3.05, 3.63) is 0 Å². The normalized spacial score (nSPS) is 7.20. The van der Waals surface area contributed by atoms with E-state index in [0.717, 1.165) is 0 Å². The van der Waals surface area contributed by atoms with E-state index in [2.05, 4.69) is 5.73 Å². The molecule has 0 rings (SSSR count). The molecule has 0 fully saturated rings. The Morgan fingerprint density at radius 2 is 0.700 bits per heavy atom. The minimum Gasteiger partial charge on any atom is -0.465 e. The van der Waals surface area contributed by atoms with Crippen molar-refractivity contribution >= 4 is 6.09 Å². The predicted molar refractivity (Wildman–Crippen MR) is 37.3 cm³/mol. The van der Waals surface area contributed by atoms with Crippen LogP contribution in [0, 0.1) is 20.5 Å². The number of carboxylic acid groups (broad SMARTS) is 1. The topological polar surface area (TPSA) is 423 Å². The van der Waals surface area contributed by atoms with Crippen molar-refractivity contribution in [3.63, 3.8) is 0 Å². The van der Waals surface area contributed by atoms with E-state index in [1.54, 1.807) is 0 Å². The average molecular weight is 404 g/mol. The molecule has 0 aromatic heterocycles. The minimum atomic E-state index is -4.94. The van der Waals surface area contributed by atoms with E-state index in [9.17, 15) is 0 Å². The Balaban J connectivity index is -0.0000000113. The third kappa shape index (κ3) is 189000. The Hall–Kier alpha value is -0.164. The summed E-state index contributed by atoms with van der Waals surface area (Å²) in [6, 6.07) is 0. The van der Waals surface area contributed by atoms with E-state index >= 15 is 0 Å². The van der Waals surface area contributed by atoms with Crippen LogP contribution in [0.4, 0.5) is 4.79 Å². The summed E-state index contributed by atoms with van der Waals surface area (Å²) >= 11 is 0. The Morgan fingerprint density at radius 3 is 0.700 bits per heavy atom. The van der Waals surface area contributed by atoms with Crippen LogP contribution in [-0.2, 0) is 16.8 Å². The average Bonchev–Trinajstić information content (AvgIpc) is 1.45. The Labute approximate surface area is 127 Å². The zero-order valence-electron chi connectivity index (χ0n) is 9.82. The molecule has 0 atom stereocenters. The number of rotatable bonds is 0. The van der Waals surface area contributed by atoms with E-state index in [1.807, 2.05) is 0 Å². The molecule has 16 nitrogen and oxygen atoms in total. The molecule has 0 aliphatic carbocycles. The number of carbonyl (C=O) groups is 1. The van der Waals surface area contributed by atoms with Gasteiger partial charge in [-0.2, -0.15) is 0 Å². The molecule has 1 amide bonds. The van der Waals surface area contributed by atoms with Gasteiger partial charge in [0.1, 0.15) is 0 Å². The fraction of sp³-hybridized carbons (Fsp3) is 0. The predicted octanol–water partition coefficient (Wildman–Crippen LogP) is -9.08. The molecule has 0 unspecified atom stereocenters. The van der Waals surface area contributed by atoms with Crippen molar-refractivity contribution < 1.29 is 84.4 Å². The van der Waals surface area contributed by atoms with Gasteiger partial charge in [0.05, 0.1) is 0 Å². The van der Waals surface area contributed by atoms with Gasteiger partial charge in [0, 0.05) is 0 Å². The van der Waals surface area contributed by atoms with Gasteiger partial charge in [-0.3, -0.25) is 0 Å². The summed E-state index contributed by atoms with van der Waals surface area (Å²) in [6.07, 6.45) is -1.33. The second-order valence-electron chi connectivity index (χ2n) is 1.09. The van der Waals surface area contributed by atoms with Crippen molar-refractivity contribution in [2.24, 2.45) is 5.73 Å². The molecule has 1 radical (unpaired) electrons. The number of hydrogen-bond acceptors (Lipinski definition) is 14. The van der Waals surface area contributed by atoms with E-state index < -0.39 is 26.6 Å². The summed E-state index contributed by atoms with van der Waals surface area (Å²) in [5.41, 5.74) is 4.03. The van der Waals surface area contributed by atoms with Crippen LogP contribution in [0.2, 0.25) is 0 Å². The first-order valence-electron chi connectivity index (χ1n) is 1.95. The summed E-state index contributed by atoms with van der Waals surface area (Å²) < 4.78 is 67.9. The maximum Gasteiger partial charge on any atom is 2.00 e. The van der Waals surface area contributed by atoms with Crippen LogP contribution in [0.3, 0.4) is 0 Å². The zero-order valence-corrected chi connectivity index (χ0v) is 12.4. The summed E-state index contributed by atoms with van der Waals surface area (Å²) in [7, 11) is -9.89. The number of amides is 1. The standard InChI is InChI=1S/CH3NO2.2ClHO4.Co.5H3N/c2-1(3)4;2*2-1(3,4)5;;;;;;/h2H2,(H,3,4);2*(H,2,3,4,5);;5*1H3/q;;;+2;;;;;/p-2. The Bertz CT molecular complexity index is 135. The second kappa shape index (κ2) is 27.2. The van der Waals surface area contributed by atoms with Crippen molar-refractivity contribution in [3.8, 4) is 0 Å². The van der Waals surface area contributed by atoms with Crippen molar-refractivity contribution in [1.29, 1.82) is 0 Å². The molecule has 0 saturated heterocycles. The third-order valence-electron chi connectivity index (χ3n) is 0. The van der Waals surface area contributed by atoms with Gasteiger partial charge in [-0.15, -0.1) is 20.5 Å². The molecular weight excluding hydrogens is 386 g/mol. The van der Waals surface area contributed by atoms with Gasteiger partial charge < -0.3 is 41.6 Å². The molecule has 20 heavy (non-hydrogen) atoms. The maximum absolute atomic E-state index is 8.78. The van der Waals surface area contributed by atoms with Crippen molar-refractivity contribution in [2.45, 2.75) is 0 Å². The Kier molecular flexibility index (Phi) is 81.6. The van der Waals surface area contributed by atoms with Crippen LogP contribution in [0.5, 0.6) is 0 Å². The molecule has 0 aliphatic heterocycles. The quantitative estimate of drug-likeness (QED) is 0.197. The van der Waals surface area contributed by atoms with E-state index in [1.165, 1.54) is 0 Å². The largest absolute Gasteiger partial charge is 2.00 e. The Morgan fingerprint density at radius 1 is 0.700 bits per heavy atom. The van der Waals surface area contributed by atoms with Gasteiger partial charge in [0.15, 0.2) is 0 Å². The van der Waals surface area contributed by atoms with Crippen LogP contribution in [-0.4, -0.2) is 11.2 Å². The molecule has 0 aromatic carbocycles. The van der Waals surface area contributed by atoms with Gasteiger partial charge in [0.25, 0.3) is 0 Å². The molecule has 135 valence electrons. The molecule has 0 bridgehead atoms. The first-order valence-corrected chi connectivity index (χ1v) is 4.42. The maximum atomic E-state index is 8.78. The molecule has 0 aliphatic rings. The van der Waals surface area contributed by atoms with E-state index in [0.29, 0.717) is 0 Å². The zero-order chi connectivity index (χ0) is 12.6. The van der Waals surface area contributed by atoms with Gasteiger partial charge in [-0.05, 0) is 0 Å². The van der Waals surface area contributed by atoms with Crippen LogP contribution in [0.15, 0.2) is 0 Å². The van der Waals surface area contributed by atoms with E-state index in [-0.39, 0.29) is 47.5 Å². The smallest absolute Gasteiger partial charge is 0.465 e. The summed E-state index contributed by atoms with van der Waals surface area (Å²) in [6.45, 7) is 0. The van der Waals surface area contributed by atoms with Gasteiger partial charge in [-0.1, -0.05) is 0 Å². The van der Waals surface area contributed by atoms with Crippen LogP contribution in [0.25, 0.3) is 0 Å². The monoisotopic (exact) mass is 403 g/mol. The fourth-order valence-corrected chi connectivity index (χ4v) is 0. The molecule has 0 aromatic rings. The molecular formula is CH18Cl2CoN6O10. The van der Waals surface area contributed by atoms with Gasteiger partial charge in [0.2, 0.25) is 0 Å². The van der Waals surface area contributed by atoms with Gasteiger partial charge in [-0.25, -0.2) is 42.1 Å². The van der Waals surface area contributed by atoms with Crippen LogP contribution < -0.4 is 73.8 Å². The fourth-order valence-electron chi connectivity index (χ4n) is 0. The summed E-state index contributed by atoms with van der Waals surface area (Å²) in [5.74, 6) is 0. The van der Waals surface area contributed by atoms with Crippen LogP contribution >= 0.6 is 0 Å². The van der Waals surface area contributed by atoms with Gasteiger partial charge >= 0.3 is 22.9 Å². The van der Waals surface area contributed by atoms with Crippen molar-refractivity contribution in [2.75, 3.05) is 0 Å². The first-order chi connectivity index (χ1) is 5.73. The van der Waals surface area contributed by atoms with Crippen LogP contribution in [0.1, 0.15) is 0 Å². The van der Waals surface area contributed by atoms with E-state index in [4.69, 9.17) is 47.2 Å². The first kappa shape index (κ1) is 59.9. The SMILES string of the molecule is N.N.N.N.N.NC(=O)O.[Co+2].[O-][Cl+3]([O-])([O-])[O-].[O-][Cl+3]([O-])([O-])[O-]. The summed E-state index contributed by atoms with van der Waals surface area (Å²) in [5, 5.41) is 7.19. The molecule has 0 saturated carbocycles.